The van der Waals surface area contributed by atoms with Gasteiger partial charge in [-0.05, 0) is 67.2 Å². The summed E-state index contributed by atoms with van der Waals surface area (Å²) in [6.07, 6.45) is 6.16. The molecule has 0 unspecified atom stereocenters. The minimum absolute atomic E-state index is 0.0518. The van der Waals surface area contributed by atoms with E-state index in [0.717, 1.165) is 22.3 Å². The molecular weight excluding hydrogens is 670 g/mol. The Balaban J connectivity index is 1.36. The third-order valence-electron chi connectivity index (χ3n) is 9.47. The topological polar surface area (TPSA) is 134 Å². The van der Waals surface area contributed by atoms with Gasteiger partial charge < -0.3 is 30.1 Å². The highest BCUT2D eigenvalue weighted by Crippen LogP contribution is 2.25. The van der Waals surface area contributed by atoms with Crippen LogP contribution in [-0.2, 0) is 49.9 Å². The van der Waals surface area contributed by atoms with Crippen LogP contribution in [0.15, 0.2) is 110 Å². The maximum absolute atomic E-state index is 13.8. The molecule has 10 heteroatoms. The second kappa shape index (κ2) is 22.0. The molecule has 1 heterocycles. The number of carbonyl (C=O) groups excluding carboxylic acids is 4. The monoisotopic (exact) mass is 723 g/mol. The lowest BCUT2D eigenvalue weighted by Gasteiger charge is -2.36. The van der Waals surface area contributed by atoms with E-state index in [-0.39, 0.29) is 56.5 Å². The lowest BCUT2D eigenvalue weighted by atomic mass is 9.92. The molecule has 0 spiro atoms. The molecule has 0 bridgehead atoms. The number of hydrogen-bond donors (Lipinski definition) is 3. The van der Waals surface area contributed by atoms with Gasteiger partial charge in [-0.25, -0.2) is 4.79 Å². The molecule has 4 atom stereocenters. The van der Waals surface area contributed by atoms with Crippen LogP contribution in [0.5, 0.6) is 0 Å². The number of carbonyl (C=O) groups is 4. The van der Waals surface area contributed by atoms with Crippen LogP contribution in [0, 0.1) is 11.8 Å². The van der Waals surface area contributed by atoms with Gasteiger partial charge in [-0.15, -0.1) is 13.2 Å². The Labute approximate surface area is 313 Å². The second-order valence-electron chi connectivity index (χ2n) is 13.5. The average Bonchev–Trinajstić information content (AvgIpc) is 3.18. The molecule has 0 saturated carbocycles. The van der Waals surface area contributed by atoms with Crippen molar-refractivity contribution >= 4 is 23.9 Å². The molecule has 3 N–H and O–H groups in total. The number of nitrogens with zero attached hydrogens (tertiary/aromatic N) is 1. The van der Waals surface area contributed by atoms with Gasteiger partial charge in [0.1, 0.15) is 13.2 Å². The summed E-state index contributed by atoms with van der Waals surface area (Å²) in [7, 11) is 0. The van der Waals surface area contributed by atoms with E-state index < -0.39 is 24.0 Å². The fraction of sp³-hybridized carbons (Fsp3) is 0.395. The molecule has 0 aliphatic carbocycles. The lowest BCUT2D eigenvalue weighted by Crippen LogP contribution is -2.48. The molecule has 53 heavy (non-hydrogen) atoms. The van der Waals surface area contributed by atoms with Gasteiger partial charge >= 0.3 is 12.1 Å². The first kappa shape index (κ1) is 40.5. The number of aliphatic hydroxyl groups is 1. The number of allylic oxidation sites excluding steroid dienone is 2. The summed E-state index contributed by atoms with van der Waals surface area (Å²) in [5.74, 6) is -2.08. The normalized spacial score (nSPS) is 15.2. The minimum Gasteiger partial charge on any atom is -0.463 e. The van der Waals surface area contributed by atoms with Crippen LogP contribution in [0.25, 0.3) is 0 Å². The first-order valence-corrected chi connectivity index (χ1v) is 18.5. The maximum Gasteiger partial charge on any atom is 0.407 e. The molecule has 0 radical (unpaired) electrons. The van der Waals surface area contributed by atoms with Crippen LogP contribution in [-0.4, -0.2) is 65.7 Å². The molecule has 4 rings (SSSR count). The molecule has 10 nitrogen and oxygen atoms in total. The van der Waals surface area contributed by atoms with Crippen LogP contribution in [0.4, 0.5) is 4.79 Å². The number of amides is 3. The number of hydrogen-bond acceptors (Lipinski definition) is 7. The van der Waals surface area contributed by atoms with Crippen LogP contribution < -0.4 is 10.6 Å². The van der Waals surface area contributed by atoms with Crippen LogP contribution in [0.3, 0.4) is 0 Å². The smallest absolute Gasteiger partial charge is 0.407 e. The van der Waals surface area contributed by atoms with Gasteiger partial charge in [-0.1, -0.05) is 97.1 Å². The van der Waals surface area contributed by atoms with Gasteiger partial charge in [0.15, 0.2) is 0 Å². The summed E-state index contributed by atoms with van der Waals surface area (Å²) < 4.78 is 11.1. The highest BCUT2D eigenvalue weighted by Gasteiger charge is 2.32. The molecule has 0 aromatic heterocycles. The van der Waals surface area contributed by atoms with Crippen molar-refractivity contribution in [3.8, 4) is 0 Å². The number of rotatable bonds is 21. The van der Waals surface area contributed by atoms with Gasteiger partial charge in [-0.3, -0.25) is 14.4 Å². The first-order valence-electron chi connectivity index (χ1n) is 18.5. The molecule has 0 fully saturated rings. The number of alkyl carbamates (subject to hydrolysis) is 1. The first-order chi connectivity index (χ1) is 25.8. The van der Waals surface area contributed by atoms with Crippen molar-refractivity contribution in [2.24, 2.45) is 11.8 Å². The lowest BCUT2D eigenvalue weighted by molar-refractivity contribution is -0.150. The maximum atomic E-state index is 13.8. The number of benzene rings is 3. The third-order valence-corrected chi connectivity index (χ3v) is 9.47. The van der Waals surface area contributed by atoms with Crippen molar-refractivity contribution in [1.82, 2.24) is 15.5 Å². The Morgan fingerprint density at radius 1 is 0.830 bits per heavy atom. The molecule has 0 saturated heterocycles. The van der Waals surface area contributed by atoms with Crippen molar-refractivity contribution in [2.75, 3.05) is 19.8 Å². The van der Waals surface area contributed by atoms with E-state index >= 15 is 0 Å². The molecule has 3 amide bonds. The largest absolute Gasteiger partial charge is 0.463 e. The van der Waals surface area contributed by atoms with Crippen LogP contribution >= 0.6 is 0 Å². The predicted molar refractivity (Wildman–Crippen MR) is 204 cm³/mol. The van der Waals surface area contributed by atoms with Gasteiger partial charge in [0, 0.05) is 19.5 Å². The third kappa shape index (κ3) is 13.4. The summed E-state index contributed by atoms with van der Waals surface area (Å²) in [6, 6.07) is 26.1. The molecule has 282 valence electrons. The molecular formula is C43H53N3O7. The van der Waals surface area contributed by atoms with Gasteiger partial charge in [-0.2, -0.15) is 0 Å². The zero-order chi connectivity index (χ0) is 37.8. The van der Waals surface area contributed by atoms with E-state index in [1.54, 1.807) is 17.1 Å². The quantitative estimate of drug-likeness (QED) is 0.0690. The average molecular weight is 724 g/mol. The Hall–Kier alpha value is -5.22. The summed E-state index contributed by atoms with van der Waals surface area (Å²) in [5.41, 5.74) is 4.03. The second-order valence-corrected chi connectivity index (χ2v) is 13.5. The number of fused-ring (bicyclic) bond motifs is 1. The van der Waals surface area contributed by atoms with Gasteiger partial charge in [0.05, 0.1) is 30.5 Å². The van der Waals surface area contributed by atoms with Crippen molar-refractivity contribution < 1.29 is 33.8 Å². The SMILES string of the molecule is C=CC[C@H](CC(=O)N1Cc2ccccc2C[C@H]1CO)C(=O)N[C@@H](CCCCNC(=O)OCc1ccccc1)COC(=O)[C@@H](CC=C)Cc1ccccc1. The highest BCUT2D eigenvalue weighted by atomic mass is 16.5. The zero-order valence-electron chi connectivity index (χ0n) is 30.5. The summed E-state index contributed by atoms with van der Waals surface area (Å²) in [5, 5.41) is 15.9. The Morgan fingerprint density at radius 3 is 2.15 bits per heavy atom. The van der Waals surface area contributed by atoms with Crippen LogP contribution in [0.1, 0.15) is 60.8 Å². The summed E-state index contributed by atoms with van der Waals surface area (Å²) >= 11 is 0. The molecule has 1 aliphatic heterocycles. The number of ether oxygens (including phenoxy) is 2. The fourth-order valence-electron chi connectivity index (χ4n) is 6.51. The Bertz CT molecular complexity index is 1630. The van der Waals surface area contributed by atoms with E-state index in [4.69, 9.17) is 9.47 Å². The minimum atomic E-state index is -0.706. The van der Waals surface area contributed by atoms with E-state index in [9.17, 15) is 24.3 Å². The van der Waals surface area contributed by atoms with Crippen molar-refractivity contribution in [2.45, 2.75) is 76.6 Å². The fourth-order valence-corrected chi connectivity index (χ4v) is 6.51. The van der Waals surface area contributed by atoms with E-state index in [2.05, 4.69) is 23.8 Å². The van der Waals surface area contributed by atoms with E-state index in [0.29, 0.717) is 51.6 Å². The summed E-state index contributed by atoms with van der Waals surface area (Å²) in [6.45, 7) is 8.31. The van der Waals surface area contributed by atoms with E-state index in [1.165, 1.54) is 0 Å². The van der Waals surface area contributed by atoms with Gasteiger partial charge in [0.2, 0.25) is 11.8 Å². The number of aliphatic hydroxyl groups excluding tert-OH is 1. The standard InChI is InChI=1S/C43H53N3O7/c1-3-15-35(27-40(48)46-28-37-22-12-11-21-34(37)26-39(46)29-47)41(49)45-38(23-13-14-24-44-43(51)53-30-33-19-9-6-10-20-33)31-52-42(50)36(16-4-2)25-32-17-7-5-8-18-32/h3-12,17-22,35-36,38-39,47H,1-2,13-16,23-31H2,(H,44,51)(H,45,49)/t35-,36+,38+,39+/m1/s1. The number of nitrogens with one attached hydrogen (secondary N) is 2. The number of unbranched alkanes of at least 4 members (excludes halogenated alkanes) is 1. The van der Waals surface area contributed by atoms with Crippen molar-refractivity contribution in [3.63, 3.8) is 0 Å². The molecule has 3 aromatic carbocycles. The molecule has 1 aliphatic rings. The Kier molecular flexibility index (Phi) is 16.8. The predicted octanol–water partition coefficient (Wildman–Crippen LogP) is 6.07. The van der Waals surface area contributed by atoms with Crippen molar-refractivity contribution in [1.29, 1.82) is 0 Å². The highest BCUT2D eigenvalue weighted by molar-refractivity contribution is 5.86. The van der Waals surface area contributed by atoms with Gasteiger partial charge in [0.25, 0.3) is 0 Å². The van der Waals surface area contributed by atoms with Crippen LogP contribution in [0.2, 0.25) is 0 Å². The number of esters is 1. The Morgan fingerprint density at radius 2 is 1.47 bits per heavy atom. The zero-order valence-corrected chi connectivity index (χ0v) is 30.5. The van der Waals surface area contributed by atoms with E-state index in [1.807, 2.05) is 84.9 Å². The summed E-state index contributed by atoms with van der Waals surface area (Å²) in [4.78, 5) is 54.6. The molecule has 3 aromatic rings. The van der Waals surface area contributed by atoms with Crippen molar-refractivity contribution in [3.05, 3.63) is 132 Å².